The number of carbonyl (C=O) groups excluding carboxylic acids is 1. The van der Waals surface area contributed by atoms with Crippen molar-refractivity contribution in [1.82, 2.24) is 14.8 Å². The van der Waals surface area contributed by atoms with E-state index < -0.39 is 0 Å². The van der Waals surface area contributed by atoms with Crippen molar-refractivity contribution >= 4 is 6.03 Å². The van der Waals surface area contributed by atoms with E-state index in [1.54, 1.807) is 7.11 Å². The van der Waals surface area contributed by atoms with Crippen LogP contribution in [-0.4, -0.2) is 28.1 Å². The standard InChI is InChI=1S/C30H33N3O2/c1-35-25-10-8-23(9-11-25)28-27-7-4-12-32(27)26-6-3-2-5-24(26)19-33(28)29(34)31-30-16-20-13-21(17-30)15-22(14-20)18-30/h2-12,20-22,28H,13-19H2,1H3,(H,31,34). The van der Waals surface area contributed by atoms with Gasteiger partial charge in [0.2, 0.25) is 0 Å². The molecular formula is C30H33N3O2. The molecule has 4 bridgehead atoms. The van der Waals surface area contributed by atoms with Gasteiger partial charge in [-0.1, -0.05) is 30.3 Å². The molecule has 1 unspecified atom stereocenters. The molecule has 3 aromatic rings. The smallest absolute Gasteiger partial charge is 0.318 e. The number of carbonyl (C=O) groups is 1. The van der Waals surface area contributed by atoms with E-state index >= 15 is 0 Å². The van der Waals surface area contributed by atoms with Crippen LogP contribution in [0.5, 0.6) is 5.75 Å². The average Bonchev–Trinajstić information content (AvgIpc) is 3.27. The highest BCUT2D eigenvalue weighted by Gasteiger charge is 2.52. The summed E-state index contributed by atoms with van der Waals surface area (Å²) in [5, 5.41) is 3.65. The molecule has 4 fully saturated rings. The zero-order chi connectivity index (χ0) is 23.6. The van der Waals surface area contributed by atoms with Gasteiger partial charge in [-0.05, 0) is 97.7 Å². The van der Waals surface area contributed by atoms with E-state index in [1.807, 2.05) is 12.1 Å². The SMILES string of the molecule is COc1ccc(C2c3cccn3-c3ccccc3CN2C(=O)NC23CC4CC(CC(C4)C2)C3)cc1. The lowest BCUT2D eigenvalue weighted by Gasteiger charge is -2.57. The molecule has 0 saturated heterocycles. The molecule has 1 aliphatic heterocycles. The minimum atomic E-state index is -0.183. The molecule has 0 radical (unpaired) electrons. The van der Waals surface area contributed by atoms with Crippen LogP contribution in [0.2, 0.25) is 0 Å². The van der Waals surface area contributed by atoms with Crippen LogP contribution in [-0.2, 0) is 6.54 Å². The van der Waals surface area contributed by atoms with Crippen molar-refractivity contribution in [3.63, 3.8) is 0 Å². The Bertz CT molecular complexity index is 1230. The maximum absolute atomic E-state index is 14.3. The van der Waals surface area contributed by atoms with Crippen LogP contribution in [0.3, 0.4) is 0 Å². The molecule has 1 atom stereocenters. The first kappa shape index (κ1) is 21.1. The molecule has 2 amide bonds. The quantitative estimate of drug-likeness (QED) is 0.508. The topological polar surface area (TPSA) is 46.5 Å². The van der Waals surface area contributed by atoms with E-state index in [-0.39, 0.29) is 17.6 Å². The lowest BCUT2D eigenvalue weighted by atomic mass is 9.53. The van der Waals surface area contributed by atoms with Crippen molar-refractivity contribution in [2.75, 3.05) is 7.11 Å². The molecule has 1 aromatic heterocycles. The van der Waals surface area contributed by atoms with E-state index in [4.69, 9.17) is 4.74 Å². The van der Waals surface area contributed by atoms with Crippen molar-refractivity contribution in [1.29, 1.82) is 0 Å². The Labute approximate surface area is 207 Å². The van der Waals surface area contributed by atoms with Crippen LogP contribution in [0.4, 0.5) is 4.79 Å². The summed E-state index contributed by atoms with van der Waals surface area (Å²) in [6.07, 6.45) is 9.68. The number of urea groups is 1. The van der Waals surface area contributed by atoms with Gasteiger partial charge >= 0.3 is 6.03 Å². The van der Waals surface area contributed by atoms with Gasteiger partial charge in [0.05, 0.1) is 25.4 Å². The lowest BCUT2D eigenvalue weighted by Crippen LogP contribution is -2.62. The van der Waals surface area contributed by atoms with Gasteiger partial charge in [-0.25, -0.2) is 4.79 Å². The fraction of sp³-hybridized carbons (Fsp3) is 0.433. The van der Waals surface area contributed by atoms with Crippen LogP contribution in [0.1, 0.15) is 61.4 Å². The van der Waals surface area contributed by atoms with Gasteiger partial charge in [0.15, 0.2) is 0 Å². The minimum Gasteiger partial charge on any atom is -0.497 e. The van der Waals surface area contributed by atoms with Gasteiger partial charge in [-0.2, -0.15) is 0 Å². The summed E-state index contributed by atoms with van der Waals surface area (Å²) in [4.78, 5) is 16.3. The van der Waals surface area contributed by atoms with Crippen LogP contribution in [0.15, 0.2) is 66.9 Å². The van der Waals surface area contributed by atoms with Crippen molar-refractivity contribution in [2.45, 2.75) is 56.7 Å². The maximum atomic E-state index is 14.3. The monoisotopic (exact) mass is 467 g/mol. The largest absolute Gasteiger partial charge is 0.497 e. The molecule has 4 aliphatic carbocycles. The number of nitrogens with one attached hydrogen (secondary N) is 1. The van der Waals surface area contributed by atoms with Crippen LogP contribution >= 0.6 is 0 Å². The maximum Gasteiger partial charge on any atom is 0.318 e. The molecule has 35 heavy (non-hydrogen) atoms. The van der Waals surface area contributed by atoms with Crippen molar-refractivity contribution < 1.29 is 9.53 Å². The number of aromatic nitrogens is 1. The Hall–Kier alpha value is -3.21. The molecule has 5 heteroatoms. The number of benzene rings is 2. The molecule has 0 spiro atoms. The number of amides is 2. The van der Waals surface area contributed by atoms with E-state index in [1.165, 1.54) is 24.8 Å². The Morgan fingerprint density at radius 2 is 1.60 bits per heavy atom. The van der Waals surface area contributed by atoms with Gasteiger partial charge in [0.25, 0.3) is 0 Å². The number of fused-ring (bicyclic) bond motifs is 3. The summed E-state index contributed by atoms with van der Waals surface area (Å²) in [5.41, 5.74) is 4.50. The fourth-order valence-corrected chi connectivity index (χ4v) is 8.04. The summed E-state index contributed by atoms with van der Waals surface area (Å²) < 4.78 is 7.67. The third kappa shape index (κ3) is 3.47. The first-order valence-electron chi connectivity index (χ1n) is 13.1. The van der Waals surface area contributed by atoms with Crippen LogP contribution < -0.4 is 10.1 Å². The Kier molecular flexibility index (Phi) is 4.77. The van der Waals surface area contributed by atoms with Crippen molar-refractivity contribution in [3.8, 4) is 11.4 Å². The Balaban J connectivity index is 1.30. The predicted octanol–water partition coefficient (Wildman–Crippen LogP) is 6.07. The van der Waals surface area contributed by atoms with Crippen LogP contribution in [0, 0.1) is 17.8 Å². The zero-order valence-electron chi connectivity index (χ0n) is 20.3. The first-order chi connectivity index (χ1) is 17.1. The highest BCUT2D eigenvalue weighted by Crippen LogP contribution is 2.55. The molecule has 5 nitrogen and oxygen atoms in total. The second-order valence-corrected chi connectivity index (χ2v) is 11.4. The number of rotatable bonds is 3. The summed E-state index contributed by atoms with van der Waals surface area (Å²) >= 11 is 0. The molecule has 2 heterocycles. The number of methoxy groups -OCH3 is 1. The lowest BCUT2D eigenvalue weighted by molar-refractivity contribution is -0.0163. The predicted molar refractivity (Wildman–Crippen MR) is 136 cm³/mol. The Morgan fingerprint density at radius 3 is 2.29 bits per heavy atom. The molecule has 5 aliphatic rings. The normalized spacial score (nSPS) is 30.4. The zero-order valence-corrected chi connectivity index (χ0v) is 20.3. The van der Waals surface area contributed by atoms with Gasteiger partial charge in [-0.15, -0.1) is 0 Å². The number of nitrogens with zero attached hydrogens (tertiary/aromatic N) is 2. The summed E-state index contributed by atoms with van der Waals surface area (Å²) in [6, 6.07) is 20.8. The van der Waals surface area contributed by atoms with Gasteiger partial charge in [0.1, 0.15) is 5.75 Å². The van der Waals surface area contributed by atoms with E-state index in [9.17, 15) is 4.79 Å². The van der Waals surface area contributed by atoms with E-state index in [0.717, 1.165) is 59.7 Å². The molecule has 1 N–H and O–H groups in total. The van der Waals surface area contributed by atoms with E-state index in [2.05, 4.69) is 69.5 Å². The van der Waals surface area contributed by atoms with Crippen molar-refractivity contribution in [2.24, 2.45) is 17.8 Å². The third-order valence-corrected chi connectivity index (χ3v) is 9.07. The second kappa shape index (κ2) is 7.91. The highest BCUT2D eigenvalue weighted by atomic mass is 16.5. The molecular weight excluding hydrogens is 434 g/mol. The first-order valence-corrected chi connectivity index (χ1v) is 13.1. The van der Waals surface area contributed by atoms with Crippen molar-refractivity contribution in [3.05, 3.63) is 83.7 Å². The summed E-state index contributed by atoms with van der Waals surface area (Å²) in [7, 11) is 1.69. The average molecular weight is 468 g/mol. The molecule has 4 saturated carbocycles. The summed E-state index contributed by atoms with van der Waals surface area (Å²) in [6.45, 7) is 0.576. The fourth-order valence-electron chi connectivity index (χ4n) is 8.04. The minimum absolute atomic E-state index is 0.0237. The van der Waals surface area contributed by atoms with Gasteiger partial charge < -0.3 is 19.5 Å². The molecule has 180 valence electrons. The van der Waals surface area contributed by atoms with Gasteiger partial charge in [-0.3, -0.25) is 0 Å². The van der Waals surface area contributed by atoms with Gasteiger partial charge in [0, 0.05) is 17.4 Å². The third-order valence-electron chi connectivity index (χ3n) is 9.07. The molecule has 8 rings (SSSR count). The molecule has 2 aromatic carbocycles. The van der Waals surface area contributed by atoms with Crippen LogP contribution in [0.25, 0.3) is 5.69 Å². The summed E-state index contributed by atoms with van der Waals surface area (Å²) in [5.74, 6) is 3.20. The highest BCUT2D eigenvalue weighted by molar-refractivity contribution is 5.77. The van der Waals surface area contributed by atoms with E-state index in [0.29, 0.717) is 6.54 Å². The number of ether oxygens (including phenoxy) is 1. The number of hydrogen-bond acceptors (Lipinski definition) is 2. The Morgan fingerprint density at radius 1 is 0.914 bits per heavy atom. The second-order valence-electron chi connectivity index (χ2n) is 11.4. The number of para-hydroxylation sites is 1. The number of hydrogen-bond donors (Lipinski definition) is 1.